The van der Waals surface area contributed by atoms with Crippen LogP contribution < -0.4 is 5.73 Å². The maximum Gasteiger partial charge on any atom is 0.240 e. The monoisotopic (exact) mass is 339 g/mol. The molecule has 0 spiro atoms. The fraction of sp³-hybridized carbons (Fsp3) is 0.812. The van der Waals surface area contributed by atoms with Crippen LogP contribution >= 0.6 is 0 Å². The number of aromatic nitrogens is 2. The highest BCUT2D eigenvalue weighted by molar-refractivity contribution is 5.82. The molecule has 0 saturated carbocycles. The fourth-order valence-corrected chi connectivity index (χ4v) is 2.64. The normalized spacial score (nSPS) is 18.8. The second-order valence-electron chi connectivity index (χ2n) is 6.52. The Morgan fingerprint density at radius 2 is 1.96 bits per heavy atom. The summed E-state index contributed by atoms with van der Waals surface area (Å²) in [5.74, 6) is 1.34. The van der Waals surface area contributed by atoms with Gasteiger partial charge >= 0.3 is 0 Å². The number of nitrogens with zero attached hydrogens (tertiary/aromatic N) is 4. The minimum atomic E-state index is -0.421. The van der Waals surface area contributed by atoms with E-state index in [1.165, 1.54) is 0 Å². The molecule has 8 nitrogen and oxygen atoms in total. The Balaban J connectivity index is 1.82. The number of rotatable bonds is 7. The van der Waals surface area contributed by atoms with Gasteiger partial charge in [0, 0.05) is 32.8 Å². The standard InChI is InChI=1S/C16H29N5O3/c1-5-23-12(4)15-18-13(24-19-15)10-20-6-8-21(9-7-20)16(22)14(17)11(2)3/h11-12,14H,5-10,17H2,1-4H3/t12?,14-/m0/s1. The van der Waals surface area contributed by atoms with Crippen molar-refractivity contribution in [3.05, 3.63) is 11.7 Å². The third-order valence-electron chi connectivity index (χ3n) is 4.31. The van der Waals surface area contributed by atoms with E-state index in [0.717, 1.165) is 13.1 Å². The zero-order valence-corrected chi connectivity index (χ0v) is 15.1. The molecule has 2 atom stereocenters. The van der Waals surface area contributed by atoms with Crippen molar-refractivity contribution in [2.45, 2.75) is 46.4 Å². The molecule has 1 amide bonds. The van der Waals surface area contributed by atoms with E-state index < -0.39 is 6.04 Å². The van der Waals surface area contributed by atoms with Crippen LogP contribution in [0.3, 0.4) is 0 Å². The molecule has 1 aromatic heterocycles. The summed E-state index contributed by atoms with van der Waals surface area (Å²) in [7, 11) is 0. The highest BCUT2D eigenvalue weighted by atomic mass is 16.5. The molecule has 1 aliphatic heterocycles. The number of hydrogen-bond acceptors (Lipinski definition) is 7. The van der Waals surface area contributed by atoms with Crippen LogP contribution in [0.15, 0.2) is 4.52 Å². The van der Waals surface area contributed by atoms with Crippen LogP contribution in [0.25, 0.3) is 0 Å². The van der Waals surface area contributed by atoms with Crippen LogP contribution in [0.2, 0.25) is 0 Å². The summed E-state index contributed by atoms with van der Waals surface area (Å²) < 4.78 is 10.8. The maximum absolute atomic E-state index is 12.3. The molecule has 1 unspecified atom stereocenters. The van der Waals surface area contributed by atoms with E-state index in [1.54, 1.807) is 0 Å². The number of amides is 1. The Labute approximate surface area is 143 Å². The van der Waals surface area contributed by atoms with Crippen LogP contribution in [-0.4, -0.2) is 64.7 Å². The minimum absolute atomic E-state index is 0.0373. The predicted octanol–water partition coefficient (Wildman–Crippen LogP) is 0.795. The van der Waals surface area contributed by atoms with Crippen LogP contribution in [0.5, 0.6) is 0 Å². The van der Waals surface area contributed by atoms with Gasteiger partial charge in [0.25, 0.3) is 0 Å². The van der Waals surface area contributed by atoms with E-state index in [-0.39, 0.29) is 17.9 Å². The smallest absolute Gasteiger partial charge is 0.240 e. The van der Waals surface area contributed by atoms with Gasteiger partial charge in [0.2, 0.25) is 11.8 Å². The average molecular weight is 339 g/mol. The van der Waals surface area contributed by atoms with E-state index in [0.29, 0.717) is 38.0 Å². The molecular formula is C16H29N5O3. The molecule has 0 bridgehead atoms. The molecule has 1 saturated heterocycles. The largest absolute Gasteiger partial charge is 0.371 e. The number of piperazine rings is 1. The number of hydrogen-bond donors (Lipinski definition) is 1. The number of nitrogens with two attached hydrogens (primary N) is 1. The SMILES string of the molecule is CCOC(C)c1noc(CN2CCN(C(=O)[C@@H](N)C(C)C)CC2)n1. The maximum atomic E-state index is 12.3. The molecule has 2 rings (SSSR count). The molecule has 1 aliphatic rings. The molecule has 0 aromatic carbocycles. The van der Waals surface area contributed by atoms with Gasteiger partial charge in [-0.05, 0) is 19.8 Å². The van der Waals surface area contributed by atoms with Gasteiger partial charge in [-0.2, -0.15) is 4.98 Å². The van der Waals surface area contributed by atoms with Crippen molar-refractivity contribution in [2.75, 3.05) is 32.8 Å². The molecular weight excluding hydrogens is 310 g/mol. The lowest BCUT2D eigenvalue weighted by atomic mass is 10.0. The van der Waals surface area contributed by atoms with Gasteiger partial charge < -0.3 is 19.9 Å². The van der Waals surface area contributed by atoms with Crippen LogP contribution in [0.4, 0.5) is 0 Å². The highest BCUT2D eigenvalue weighted by Crippen LogP contribution is 2.15. The summed E-state index contributed by atoms with van der Waals surface area (Å²) in [6.45, 7) is 11.9. The molecule has 8 heteroatoms. The topological polar surface area (TPSA) is 97.7 Å². The van der Waals surface area contributed by atoms with Crippen molar-refractivity contribution >= 4 is 5.91 Å². The van der Waals surface area contributed by atoms with Crippen molar-refractivity contribution in [3.8, 4) is 0 Å². The quantitative estimate of drug-likeness (QED) is 0.784. The summed E-state index contributed by atoms with van der Waals surface area (Å²) >= 11 is 0. The zero-order chi connectivity index (χ0) is 17.7. The summed E-state index contributed by atoms with van der Waals surface area (Å²) in [6, 6.07) is -0.421. The minimum Gasteiger partial charge on any atom is -0.371 e. The highest BCUT2D eigenvalue weighted by Gasteiger charge is 2.27. The van der Waals surface area contributed by atoms with Crippen molar-refractivity contribution in [2.24, 2.45) is 11.7 Å². The lowest BCUT2D eigenvalue weighted by Gasteiger charge is -2.35. The van der Waals surface area contributed by atoms with E-state index in [2.05, 4.69) is 15.0 Å². The van der Waals surface area contributed by atoms with Gasteiger partial charge in [0.05, 0.1) is 12.6 Å². The van der Waals surface area contributed by atoms with Gasteiger partial charge in [-0.15, -0.1) is 0 Å². The third-order valence-corrected chi connectivity index (χ3v) is 4.31. The molecule has 2 N–H and O–H groups in total. The van der Waals surface area contributed by atoms with Crippen LogP contribution in [0, 0.1) is 5.92 Å². The second-order valence-corrected chi connectivity index (χ2v) is 6.52. The second kappa shape index (κ2) is 8.55. The molecule has 1 fully saturated rings. The van der Waals surface area contributed by atoms with Crippen molar-refractivity contribution in [1.82, 2.24) is 19.9 Å². The third kappa shape index (κ3) is 4.75. The summed E-state index contributed by atoms with van der Waals surface area (Å²) in [6.07, 6.45) is -0.167. The van der Waals surface area contributed by atoms with Gasteiger partial charge in [0.15, 0.2) is 5.82 Å². The predicted molar refractivity (Wildman–Crippen MR) is 89.0 cm³/mol. The first kappa shape index (κ1) is 18.8. The number of carbonyl (C=O) groups excluding carboxylic acids is 1. The average Bonchev–Trinajstić information content (AvgIpc) is 3.03. The molecule has 2 heterocycles. The lowest BCUT2D eigenvalue weighted by molar-refractivity contribution is -0.135. The Morgan fingerprint density at radius 1 is 1.29 bits per heavy atom. The van der Waals surface area contributed by atoms with Gasteiger partial charge in [-0.1, -0.05) is 19.0 Å². The summed E-state index contributed by atoms with van der Waals surface area (Å²) in [5.41, 5.74) is 5.95. The summed E-state index contributed by atoms with van der Waals surface area (Å²) in [5, 5.41) is 3.97. The lowest BCUT2D eigenvalue weighted by Crippen LogP contribution is -2.54. The van der Waals surface area contributed by atoms with E-state index >= 15 is 0 Å². The Bertz CT molecular complexity index is 526. The molecule has 24 heavy (non-hydrogen) atoms. The Hall–Kier alpha value is -1.51. The van der Waals surface area contributed by atoms with Crippen molar-refractivity contribution < 1.29 is 14.1 Å². The summed E-state index contributed by atoms with van der Waals surface area (Å²) in [4.78, 5) is 20.7. The van der Waals surface area contributed by atoms with E-state index in [9.17, 15) is 4.79 Å². The Morgan fingerprint density at radius 3 is 2.54 bits per heavy atom. The van der Waals surface area contributed by atoms with Gasteiger partial charge in [0.1, 0.15) is 6.10 Å². The first-order valence-electron chi connectivity index (χ1n) is 8.63. The van der Waals surface area contributed by atoms with Crippen LogP contribution in [-0.2, 0) is 16.1 Å². The molecule has 136 valence electrons. The first-order valence-corrected chi connectivity index (χ1v) is 8.63. The molecule has 0 aliphatic carbocycles. The van der Waals surface area contributed by atoms with Crippen molar-refractivity contribution in [1.29, 1.82) is 0 Å². The fourth-order valence-electron chi connectivity index (χ4n) is 2.64. The van der Waals surface area contributed by atoms with Crippen LogP contribution in [0.1, 0.15) is 45.5 Å². The zero-order valence-electron chi connectivity index (χ0n) is 15.1. The Kier molecular flexibility index (Phi) is 6.70. The van der Waals surface area contributed by atoms with Gasteiger partial charge in [-0.3, -0.25) is 9.69 Å². The first-order chi connectivity index (χ1) is 11.4. The number of ether oxygens (including phenoxy) is 1. The van der Waals surface area contributed by atoms with Crippen molar-refractivity contribution in [3.63, 3.8) is 0 Å². The van der Waals surface area contributed by atoms with E-state index in [4.69, 9.17) is 15.0 Å². The molecule has 1 aromatic rings. The molecule has 0 radical (unpaired) electrons. The van der Waals surface area contributed by atoms with E-state index in [1.807, 2.05) is 32.6 Å². The number of carbonyl (C=O) groups is 1. The van der Waals surface area contributed by atoms with Gasteiger partial charge in [-0.25, -0.2) is 0 Å².